The van der Waals surface area contributed by atoms with Crippen molar-refractivity contribution in [1.29, 1.82) is 0 Å². The molecule has 0 saturated carbocycles. The minimum atomic E-state index is -0.319. The molecule has 1 atom stereocenters. The lowest BCUT2D eigenvalue weighted by Crippen LogP contribution is -2.36. The van der Waals surface area contributed by atoms with E-state index in [1.165, 1.54) is 6.92 Å². The molecule has 0 radical (unpaired) electrons. The molecule has 0 saturated heterocycles. The molecule has 2 rings (SSSR count). The van der Waals surface area contributed by atoms with Gasteiger partial charge < -0.3 is 4.98 Å². The molecule has 1 aromatic carbocycles. The molecule has 128 valence electrons. The number of halogens is 1. The summed E-state index contributed by atoms with van der Waals surface area (Å²) in [5.74, 6) is -0.0483. The van der Waals surface area contributed by atoms with Crippen LogP contribution in [0.2, 0.25) is 5.02 Å². The topological polar surface area (TPSA) is 53.2 Å². The van der Waals surface area contributed by atoms with Gasteiger partial charge in [0.05, 0.1) is 11.7 Å². The highest BCUT2D eigenvalue weighted by Crippen LogP contribution is 2.21. The Morgan fingerprint density at radius 2 is 1.96 bits per heavy atom. The van der Waals surface area contributed by atoms with Gasteiger partial charge in [-0.05, 0) is 58.0 Å². The summed E-state index contributed by atoms with van der Waals surface area (Å²) >= 11 is 6.01. The standard InChI is InChI=1S/C19H23ClN2O2/c1-11-17(14(4)23)12(2)21-18(11)19(24)13(3)22(5)10-15-7-6-8-16(20)9-15/h6-9,13,21H,10H2,1-5H3/t13-/m0/s1. The van der Waals surface area contributed by atoms with E-state index in [1.54, 1.807) is 0 Å². The average molecular weight is 347 g/mol. The lowest BCUT2D eigenvalue weighted by atomic mass is 10.0. The molecule has 0 amide bonds. The van der Waals surface area contributed by atoms with Gasteiger partial charge in [-0.2, -0.15) is 0 Å². The van der Waals surface area contributed by atoms with E-state index in [9.17, 15) is 9.59 Å². The van der Waals surface area contributed by atoms with Gasteiger partial charge >= 0.3 is 0 Å². The van der Waals surface area contributed by atoms with E-state index in [0.29, 0.717) is 22.8 Å². The predicted octanol–water partition coefficient (Wildman–Crippen LogP) is 4.19. The molecule has 4 nitrogen and oxygen atoms in total. The van der Waals surface area contributed by atoms with Gasteiger partial charge in [-0.15, -0.1) is 0 Å². The van der Waals surface area contributed by atoms with Gasteiger partial charge in [-0.1, -0.05) is 23.7 Å². The zero-order chi connectivity index (χ0) is 18.0. The molecule has 1 aromatic heterocycles. The first-order chi connectivity index (χ1) is 11.2. The van der Waals surface area contributed by atoms with Crippen molar-refractivity contribution in [2.24, 2.45) is 0 Å². The zero-order valence-corrected chi connectivity index (χ0v) is 15.5. The summed E-state index contributed by atoms with van der Waals surface area (Å²) in [6.07, 6.45) is 0. The van der Waals surface area contributed by atoms with E-state index < -0.39 is 0 Å². The first-order valence-corrected chi connectivity index (χ1v) is 8.29. The van der Waals surface area contributed by atoms with Crippen LogP contribution in [0.25, 0.3) is 0 Å². The number of hydrogen-bond donors (Lipinski definition) is 1. The number of benzene rings is 1. The van der Waals surface area contributed by atoms with Crippen LogP contribution in [-0.4, -0.2) is 34.5 Å². The van der Waals surface area contributed by atoms with Gasteiger partial charge in [-0.3, -0.25) is 14.5 Å². The fraction of sp³-hybridized carbons (Fsp3) is 0.368. The van der Waals surface area contributed by atoms with Crippen LogP contribution in [0.15, 0.2) is 24.3 Å². The summed E-state index contributed by atoms with van der Waals surface area (Å²) in [5, 5.41) is 0.682. The number of carbonyl (C=O) groups is 2. The van der Waals surface area contributed by atoms with Gasteiger partial charge in [0.2, 0.25) is 0 Å². The Morgan fingerprint density at radius 1 is 1.29 bits per heavy atom. The molecule has 1 heterocycles. The fourth-order valence-electron chi connectivity index (χ4n) is 2.99. The third-order valence-electron chi connectivity index (χ3n) is 4.40. The number of nitrogens with zero attached hydrogens (tertiary/aromatic N) is 1. The van der Waals surface area contributed by atoms with E-state index in [-0.39, 0.29) is 17.6 Å². The summed E-state index contributed by atoms with van der Waals surface area (Å²) < 4.78 is 0. The molecule has 5 heteroatoms. The first-order valence-electron chi connectivity index (χ1n) is 7.91. The highest BCUT2D eigenvalue weighted by molar-refractivity contribution is 6.30. The van der Waals surface area contributed by atoms with Gasteiger partial charge in [0.15, 0.2) is 11.6 Å². The van der Waals surface area contributed by atoms with E-state index >= 15 is 0 Å². The monoisotopic (exact) mass is 346 g/mol. The summed E-state index contributed by atoms with van der Waals surface area (Å²) in [6, 6.07) is 7.29. The minimum absolute atomic E-state index is 0.0207. The molecular weight excluding hydrogens is 324 g/mol. The van der Waals surface area contributed by atoms with Crippen molar-refractivity contribution in [2.45, 2.75) is 40.3 Å². The van der Waals surface area contributed by atoms with Crippen LogP contribution in [-0.2, 0) is 6.54 Å². The molecule has 0 bridgehead atoms. The van der Waals surface area contributed by atoms with Gasteiger partial charge in [0, 0.05) is 22.8 Å². The number of aryl methyl sites for hydroxylation is 1. The summed E-state index contributed by atoms with van der Waals surface area (Å²) in [5.41, 5.74) is 3.65. The fourth-order valence-corrected chi connectivity index (χ4v) is 3.21. The maximum Gasteiger partial charge on any atom is 0.196 e. The minimum Gasteiger partial charge on any atom is -0.355 e. The van der Waals surface area contributed by atoms with E-state index in [4.69, 9.17) is 11.6 Å². The Balaban J connectivity index is 2.20. The highest BCUT2D eigenvalue weighted by atomic mass is 35.5. The van der Waals surface area contributed by atoms with Gasteiger partial charge in [0.25, 0.3) is 0 Å². The first kappa shape index (κ1) is 18.4. The van der Waals surface area contributed by atoms with Crippen LogP contribution in [0, 0.1) is 13.8 Å². The van der Waals surface area contributed by atoms with Gasteiger partial charge in [-0.25, -0.2) is 0 Å². The molecule has 0 spiro atoms. The summed E-state index contributed by atoms with van der Waals surface area (Å²) in [4.78, 5) is 29.6. The number of rotatable bonds is 6. The van der Waals surface area contributed by atoms with E-state index in [0.717, 1.165) is 16.8 Å². The highest BCUT2D eigenvalue weighted by Gasteiger charge is 2.25. The van der Waals surface area contributed by atoms with E-state index in [2.05, 4.69) is 4.98 Å². The summed E-state index contributed by atoms with van der Waals surface area (Å²) in [7, 11) is 1.90. The Morgan fingerprint density at radius 3 is 2.50 bits per heavy atom. The Kier molecular flexibility index (Phi) is 5.62. The van der Waals surface area contributed by atoms with Crippen LogP contribution in [0.4, 0.5) is 0 Å². The van der Waals surface area contributed by atoms with Crippen LogP contribution in [0.1, 0.15) is 51.5 Å². The molecule has 0 unspecified atom stereocenters. The van der Waals surface area contributed by atoms with Crippen LogP contribution >= 0.6 is 11.6 Å². The SMILES string of the molecule is CC(=O)c1c(C)[nH]c(C(=O)[C@H](C)N(C)Cc2cccc(Cl)c2)c1C. The molecule has 0 aliphatic heterocycles. The predicted molar refractivity (Wildman–Crippen MR) is 97.0 cm³/mol. The number of aromatic amines is 1. The lowest BCUT2D eigenvalue weighted by Gasteiger charge is -2.23. The van der Waals surface area contributed by atoms with E-state index in [1.807, 2.05) is 57.0 Å². The van der Waals surface area contributed by atoms with Crippen molar-refractivity contribution < 1.29 is 9.59 Å². The second-order valence-corrected chi connectivity index (χ2v) is 6.70. The van der Waals surface area contributed by atoms with Crippen molar-refractivity contribution in [3.05, 3.63) is 57.4 Å². The average Bonchev–Trinajstić information content (AvgIpc) is 2.80. The maximum absolute atomic E-state index is 12.8. The maximum atomic E-state index is 12.8. The van der Waals surface area contributed by atoms with Crippen molar-refractivity contribution >= 4 is 23.2 Å². The molecule has 0 aliphatic carbocycles. The quantitative estimate of drug-likeness (QED) is 0.798. The lowest BCUT2D eigenvalue weighted by molar-refractivity contribution is 0.0856. The van der Waals surface area contributed by atoms with Gasteiger partial charge in [0.1, 0.15) is 0 Å². The number of ketones is 2. The molecule has 24 heavy (non-hydrogen) atoms. The summed E-state index contributed by atoms with van der Waals surface area (Å²) in [6.45, 7) is 7.64. The second kappa shape index (κ2) is 7.32. The number of nitrogens with one attached hydrogen (secondary N) is 1. The zero-order valence-electron chi connectivity index (χ0n) is 14.7. The molecule has 1 N–H and O–H groups in total. The largest absolute Gasteiger partial charge is 0.355 e. The normalized spacial score (nSPS) is 12.5. The number of aromatic nitrogens is 1. The van der Waals surface area contributed by atoms with Crippen molar-refractivity contribution in [3.8, 4) is 0 Å². The number of carbonyl (C=O) groups excluding carboxylic acids is 2. The molecule has 2 aromatic rings. The number of H-pyrrole nitrogens is 1. The number of hydrogen-bond acceptors (Lipinski definition) is 3. The third kappa shape index (κ3) is 3.77. The van der Waals surface area contributed by atoms with Crippen molar-refractivity contribution in [1.82, 2.24) is 9.88 Å². The number of likely N-dealkylation sites (N-methyl/N-ethyl adjacent to an activating group) is 1. The third-order valence-corrected chi connectivity index (χ3v) is 4.63. The van der Waals surface area contributed by atoms with Crippen LogP contribution < -0.4 is 0 Å². The van der Waals surface area contributed by atoms with Crippen LogP contribution in [0.3, 0.4) is 0 Å². The molecule has 0 fully saturated rings. The molecular formula is C19H23ClN2O2. The Hall–Kier alpha value is -1.91. The number of Topliss-reactive ketones (excluding diaryl/α,β-unsaturated/α-hetero) is 2. The Bertz CT molecular complexity index is 780. The Labute approximate surface area is 147 Å². The van der Waals surface area contributed by atoms with Crippen molar-refractivity contribution in [3.63, 3.8) is 0 Å². The molecule has 0 aliphatic rings. The smallest absolute Gasteiger partial charge is 0.196 e. The second-order valence-electron chi connectivity index (χ2n) is 6.27. The van der Waals surface area contributed by atoms with Crippen molar-refractivity contribution in [2.75, 3.05) is 7.05 Å². The van der Waals surface area contributed by atoms with Crippen LogP contribution in [0.5, 0.6) is 0 Å².